The van der Waals surface area contributed by atoms with E-state index in [1.165, 1.54) is 30.1 Å². The summed E-state index contributed by atoms with van der Waals surface area (Å²) >= 11 is 0. The van der Waals surface area contributed by atoms with E-state index in [0.717, 1.165) is 17.8 Å². The summed E-state index contributed by atoms with van der Waals surface area (Å²) in [4.78, 5) is 39.1. The van der Waals surface area contributed by atoms with Crippen LogP contribution in [0.15, 0.2) is 29.3 Å². The average molecular weight is 354 g/mol. The van der Waals surface area contributed by atoms with Gasteiger partial charge in [0, 0.05) is 49.2 Å². The number of nitrogens with zero attached hydrogens (tertiary/aromatic N) is 5. The minimum Gasteiger partial charge on any atom is -0.467 e. The number of likely N-dealkylation sites (tertiary alicyclic amines) is 1. The molecule has 1 saturated heterocycles. The Morgan fingerprint density at radius 2 is 2.08 bits per heavy atom. The van der Waals surface area contributed by atoms with Crippen LogP contribution >= 0.6 is 0 Å². The fraction of sp³-hybridized carbons (Fsp3) is 0.353. The van der Waals surface area contributed by atoms with Gasteiger partial charge in [-0.05, 0) is 13.3 Å². The van der Waals surface area contributed by atoms with Crippen molar-refractivity contribution in [2.24, 2.45) is 0 Å². The number of H-pyrrole nitrogens is 1. The Labute approximate surface area is 148 Å². The number of aryl methyl sites for hydroxylation is 1. The number of hydrogen-bond acceptors (Lipinski definition) is 6. The third-order valence-corrected chi connectivity index (χ3v) is 4.55. The molecular formula is C17H18N6O3. The van der Waals surface area contributed by atoms with E-state index in [1.54, 1.807) is 4.90 Å². The molecule has 0 spiro atoms. The SMILES string of the molecule is COc1ncc(C(=O)N2CCC(c3cc(=O)n4[nH]c(C)cc4n3)C2)cn1. The maximum absolute atomic E-state index is 12.6. The number of amides is 1. The summed E-state index contributed by atoms with van der Waals surface area (Å²) < 4.78 is 6.33. The summed E-state index contributed by atoms with van der Waals surface area (Å²) in [5, 5.41) is 2.96. The van der Waals surface area contributed by atoms with Crippen molar-refractivity contribution >= 4 is 11.6 Å². The number of hydrogen-bond donors (Lipinski definition) is 1. The van der Waals surface area contributed by atoms with Crippen LogP contribution in [0.3, 0.4) is 0 Å². The lowest BCUT2D eigenvalue weighted by Crippen LogP contribution is -2.29. The molecule has 1 aliphatic rings. The molecule has 1 N–H and O–H groups in total. The van der Waals surface area contributed by atoms with Gasteiger partial charge in [-0.1, -0.05) is 0 Å². The van der Waals surface area contributed by atoms with Crippen LogP contribution in [-0.2, 0) is 0 Å². The summed E-state index contributed by atoms with van der Waals surface area (Å²) in [7, 11) is 1.47. The molecule has 9 nitrogen and oxygen atoms in total. The van der Waals surface area contributed by atoms with E-state index in [2.05, 4.69) is 20.1 Å². The molecule has 4 heterocycles. The van der Waals surface area contributed by atoms with Crippen LogP contribution in [0.2, 0.25) is 0 Å². The lowest BCUT2D eigenvalue weighted by Gasteiger charge is -2.16. The average Bonchev–Trinajstić information content (AvgIpc) is 3.27. The predicted octanol–water partition coefficient (Wildman–Crippen LogP) is 0.759. The monoisotopic (exact) mass is 354 g/mol. The third-order valence-electron chi connectivity index (χ3n) is 4.55. The van der Waals surface area contributed by atoms with Gasteiger partial charge in [0.1, 0.15) is 0 Å². The van der Waals surface area contributed by atoms with E-state index in [0.29, 0.717) is 24.3 Å². The Morgan fingerprint density at radius 3 is 2.81 bits per heavy atom. The van der Waals surface area contributed by atoms with Gasteiger partial charge < -0.3 is 9.64 Å². The molecule has 0 bridgehead atoms. The van der Waals surface area contributed by atoms with Crippen LogP contribution in [0.25, 0.3) is 5.65 Å². The minimum absolute atomic E-state index is 0.0334. The van der Waals surface area contributed by atoms with Crippen LogP contribution in [0.4, 0.5) is 0 Å². The molecule has 0 aliphatic carbocycles. The van der Waals surface area contributed by atoms with Crippen LogP contribution in [0.1, 0.15) is 34.1 Å². The molecule has 1 unspecified atom stereocenters. The van der Waals surface area contributed by atoms with Gasteiger partial charge in [0.15, 0.2) is 5.65 Å². The normalized spacial score (nSPS) is 17.0. The largest absolute Gasteiger partial charge is 0.467 e. The maximum atomic E-state index is 12.6. The lowest BCUT2D eigenvalue weighted by atomic mass is 10.0. The Kier molecular flexibility index (Phi) is 3.90. The third kappa shape index (κ3) is 2.81. The van der Waals surface area contributed by atoms with E-state index < -0.39 is 0 Å². The van der Waals surface area contributed by atoms with Gasteiger partial charge in [-0.2, -0.15) is 0 Å². The van der Waals surface area contributed by atoms with E-state index in [-0.39, 0.29) is 23.4 Å². The minimum atomic E-state index is -0.147. The predicted molar refractivity (Wildman–Crippen MR) is 92.4 cm³/mol. The summed E-state index contributed by atoms with van der Waals surface area (Å²) in [6.07, 6.45) is 3.68. The van der Waals surface area contributed by atoms with Gasteiger partial charge in [-0.25, -0.2) is 19.5 Å². The number of rotatable bonds is 3. The quantitative estimate of drug-likeness (QED) is 0.744. The van der Waals surface area contributed by atoms with E-state index >= 15 is 0 Å². The molecule has 26 heavy (non-hydrogen) atoms. The fourth-order valence-corrected chi connectivity index (χ4v) is 3.24. The summed E-state index contributed by atoms with van der Waals surface area (Å²) in [6, 6.07) is 3.59. The number of methoxy groups -OCH3 is 1. The summed E-state index contributed by atoms with van der Waals surface area (Å²) in [5.41, 5.74) is 2.45. The van der Waals surface area contributed by atoms with E-state index in [9.17, 15) is 9.59 Å². The molecule has 4 rings (SSSR count). The Morgan fingerprint density at radius 1 is 1.31 bits per heavy atom. The number of nitrogens with one attached hydrogen (secondary N) is 1. The zero-order chi connectivity index (χ0) is 18.3. The van der Waals surface area contributed by atoms with Gasteiger partial charge in [-0.3, -0.25) is 14.7 Å². The molecule has 1 atom stereocenters. The van der Waals surface area contributed by atoms with Crippen molar-refractivity contribution in [3.05, 3.63) is 51.8 Å². The topological polar surface area (TPSA) is 105 Å². The smallest absolute Gasteiger partial charge is 0.316 e. The van der Waals surface area contributed by atoms with Crippen molar-refractivity contribution < 1.29 is 9.53 Å². The maximum Gasteiger partial charge on any atom is 0.316 e. The second kappa shape index (κ2) is 6.25. The molecular weight excluding hydrogens is 336 g/mol. The van der Waals surface area contributed by atoms with Crippen LogP contribution in [0, 0.1) is 6.92 Å². The van der Waals surface area contributed by atoms with Crippen molar-refractivity contribution in [2.45, 2.75) is 19.3 Å². The first-order valence-corrected chi connectivity index (χ1v) is 8.30. The van der Waals surface area contributed by atoms with E-state index in [1.807, 2.05) is 13.0 Å². The molecule has 3 aromatic rings. The second-order valence-electron chi connectivity index (χ2n) is 6.35. The highest BCUT2D eigenvalue weighted by molar-refractivity contribution is 5.93. The van der Waals surface area contributed by atoms with Crippen molar-refractivity contribution in [3.8, 4) is 6.01 Å². The zero-order valence-electron chi connectivity index (χ0n) is 14.5. The summed E-state index contributed by atoms with van der Waals surface area (Å²) in [5.74, 6) is -0.100. The Hall–Kier alpha value is -3.23. The number of aromatic amines is 1. The molecule has 1 fully saturated rings. The Balaban J connectivity index is 1.54. The van der Waals surface area contributed by atoms with Crippen LogP contribution < -0.4 is 10.3 Å². The Bertz CT molecular complexity index is 1020. The number of aromatic nitrogens is 5. The first-order valence-electron chi connectivity index (χ1n) is 8.30. The molecule has 3 aromatic heterocycles. The highest BCUT2D eigenvalue weighted by atomic mass is 16.5. The highest BCUT2D eigenvalue weighted by Crippen LogP contribution is 2.26. The van der Waals surface area contributed by atoms with Gasteiger partial charge in [0.2, 0.25) is 0 Å². The first kappa shape index (κ1) is 16.2. The molecule has 1 aliphatic heterocycles. The van der Waals surface area contributed by atoms with Crippen LogP contribution in [0.5, 0.6) is 6.01 Å². The molecule has 1 amide bonds. The van der Waals surface area contributed by atoms with Crippen molar-refractivity contribution in [1.82, 2.24) is 29.5 Å². The standard InChI is InChI=1S/C17H18N6O3/c1-10-5-14-20-13(6-15(24)23(14)21-10)11-3-4-22(9-11)16(25)12-7-18-17(26-2)19-8-12/h5-8,11,21H,3-4,9H2,1-2H3. The second-order valence-corrected chi connectivity index (χ2v) is 6.35. The van der Waals surface area contributed by atoms with Crippen LogP contribution in [-0.4, -0.2) is 55.6 Å². The molecule has 9 heteroatoms. The molecule has 0 radical (unpaired) electrons. The van der Waals surface area contributed by atoms with Crippen molar-refractivity contribution in [1.29, 1.82) is 0 Å². The lowest BCUT2D eigenvalue weighted by molar-refractivity contribution is 0.0789. The number of carbonyl (C=O) groups is 1. The van der Waals surface area contributed by atoms with Gasteiger partial charge >= 0.3 is 6.01 Å². The van der Waals surface area contributed by atoms with Crippen molar-refractivity contribution in [3.63, 3.8) is 0 Å². The number of fused-ring (bicyclic) bond motifs is 1. The van der Waals surface area contributed by atoms with E-state index in [4.69, 9.17) is 4.74 Å². The summed E-state index contributed by atoms with van der Waals surface area (Å²) in [6.45, 7) is 2.99. The highest BCUT2D eigenvalue weighted by Gasteiger charge is 2.29. The number of carbonyl (C=O) groups excluding carboxylic acids is 1. The fourth-order valence-electron chi connectivity index (χ4n) is 3.24. The zero-order valence-corrected chi connectivity index (χ0v) is 14.5. The van der Waals surface area contributed by atoms with Gasteiger partial charge in [-0.15, -0.1) is 0 Å². The molecule has 0 saturated carbocycles. The molecule has 134 valence electrons. The van der Waals surface area contributed by atoms with Gasteiger partial charge in [0.25, 0.3) is 11.5 Å². The molecule has 0 aromatic carbocycles. The first-order chi connectivity index (χ1) is 12.5. The van der Waals surface area contributed by atoms with Gasteiger partial charge in [0.05, 0.1) is 18.4 Å². The van der Waals surface area contributed by atoms with Crippen molar-refractivity contribution in [2.75, 3.05) is 20.2 Å². The number of ether oxygens (including phenoxy) is 1.